The van der Waals surface area contributed by atoms with Crippen LogP contribution in [-0.2, 0) is 9.53 Å². The smallest absolute Gasteiger partial charge is 0.340 e. The molecule has 2 heterocycles. The maximum atomic E-state index is 12.6. The third-order valence-corrected chi connectivity index (χ3v) is 5.21. The molecule has 1 aromatic heterocycles. The summed E-state index contributed by atoms with van der Waals surface area (Å²) in [5.41, 5.74) is 3.27. The highest BCUT2D eigenvalue weighted by Gasteiger charge is 2.26. The van der Waals surface area contributed by atoms with Crippen LogP contribution in [0.15, 0.2) is 36.4 Å². The number of amides is 1. The van der Waals surface area contributed by atoms with E-state index >= 15 is 0 Å². The molecule has 0 spiro atoms. The number of carbonyl (C=O) groups excluding carboxylic acids is 2. The third-order valence-electron chi connectivity index (χ3n) is 5.21. The van der Waals surface area contributed by atoms with E-state index in [1.165, 1.54) is 0 Å². The van der Waals surface area contributed by atoms with Crippen LogP contribution in [0.1, 0.15) is 42.0 Å². The van der Waals surface area contributed by atoms with Crippen molar-refractivity contribution < 1.29 is 14.3 Å². The van der Waals surface area contributed by atoms with Gasteiger partial charge in [-0.25, -0.2) is 4.79 Å². The highest BCUT2D eigenvalue weighted by atomic mass is 16.5. The predicted molar refractivity (Wildman–Crippen MR) is 105 cm³/mol. The monoisotopic (exact) mass is 368 g/mol. The Kier molecular flexibility index (Phi) is 5.68. The van der Waals surface area contributed by atoms with E-state index in [-0.39, 0.29) is 12.5 Å². The number of carbonyl (C=O) groups is 2. The lowest BCUT2D eigenvalue weighted by molar-refractivity contribution is -0.137. The first-order chi connectivity index (χ1) is 12.9. The zero-order valence-electron chi connectivity index (χ0n) is 16.6. The van der Waals surface area contributed by atoms with E-state index in [1.54, 1.807) is 0 Å². The Labute approximate surface area is 160 Å². The van der Waals surface area contributed by atoms with Crippen molar-refractivity contribution in [2.24, 2.45) is 11.8 Å². The summed E-state index contributed by atoms with van der Waals surface area (Å²) in [6, 6.07) is 11.7. The van der Waals surface area contributed by atoms with Crippen LogP contribution >= 0.6 is 0 Å². The van der Waals surface area contributed by atoms with E-state index in [2.05, 4.69) is 13.8 Å². The second-order valence-electron chi connectivity index (χ2n) is 7.78. The number of aromatic nitrogens is 1. The first-order valence-corrected chi connectivity index (χ1v) is 9.56. The van der Waals surface area contributed by atoms with E-state index in [4.69, 9.17) is 4.74 Å². The molecule has 5 nitrogen and oxygen atoms in total. The molecule has 27 heavy (non-hydrogen) atoms. The number of aryl methyl sites for hydroxylation is 1. The summed E-state index contributed by atoms with van der Waals surface area (Å²) in [4.78, 5) is 26.8. The largest absolute Gasteiger partial charge is 0.452 e. The Hall–Kier alpha value is -2.56. The van der Waals surface area contributed by atoms with Crippen molar-refractivity contribution >= 4 is 11.9 Å². The van der Waals surface area contributed by atoms with Crippen LogP contribution in [0, 0.1) is 25.7 Å². The summed E-state index contributed by atoms with van der Waals surface area (Å²) in [5, 5.41) is 0. The van der Waals surface area contributed by atoms with Crippen LogP contribution in [0.3, 0.4) is 0 Å². The minimum Gasteiger partial charge on any atom is -0.452 e. The summed E-state index contributed by atoms with van der Waals surface area (Å²) in [6.45, 7) is 9.44. The maximum Gasteiger partial charge on any atom is 0.340 e. The van der Waals surface area contributed by atoms with Crippen molar-refractivity contribution in [1.29, 1.82) is 0 Å². The molecule has 0 bridgehead atoms. The molecular formula is C22H28N2O3. The molecule has 5 heteroatoms. The van der Waals surface area contributed by atoms with E-state index < -0.39 is 5.97 Å². The third kappa shape index (κ3) is 4.24. The van der Waals surface area contributed by atoms with Gasteiger partial charge in [0.05, 0.1) is 5.56 Å². The Balaban J connectivity index is 1.68. The Morgan fingerprint density at radius 1 is 1.07 bits per heavy atom. The Morgan fingerprint density at radius 2 is 1.70 bits per heavy atom. The van der Waals surface area contributed by atoms with Crippen LogP contribution in [0.2, 0.25) is 0 Å². The number of esters is 1. The number of piperidine rings is 1. The van der Waals surface area contributed by atoms with Crippen molar-refractivity contribution in [3.05, 3.63) is 53.3 Å². The lowest BCUT2D eigenvalue weighted by Crippen LogP contribution is -2.44. The molecule has 1 fully saturated rings. The highest BCUT2D eigenvalue weighted by Crippen LogP contribution is 2.23. The number of likely N-dealkylation sites (tertiary alicyclic amines) is 1. The van der Waals surface area contributed by atoms with Gasteiger partial charge in [0.15, 0.2) is 6.61 Å². The van der Waals surface area contributed by atoms with Crippen LogP contribution in [0.4, 0.5) is 0 Å². The Morgan fingerprint density at radius 3 is 2.33 bits per heavy atom. The molecule has 1 aliphatic rings. The lowest BCUT2D eigenvalue weighted by atomic mass is 9.92. The van der Waals surface area contributed by atoms with Crippen LogP contribution < -0.4 is 0 Å². The molecule has 2 aromatic rings. The number of rotatable bonds is 4. The molecule has 0 N–H and O–H groups in total. The van der Waals surface area contributed by atoms with Crippen molar-refractivity contribution in [2.75, 3.05) is 19.7 Å². The lowest BCUT2D eigenvalue weighted by Gasteiger charge is -2.34. The number of benzene rings is 1. The average molecular weight is 368 g/mol. The van der Waals surface area contributed by atoms with Gasteiger partial charge in [-0.2, -0.15) is 0 Å². The first-order valence-electron chi connectivity index (χ1n) is 9.56. The Bertz CT molecular complexity index is 816. The molecular weight excluding hydrogens is 340 g/mol. The van der Waals surface area contributed by atoms with Gasteiger partial charge in [-0.3, -0.25) is 4.79 Å². The van der Waals surface area contributed by atoms with Gasteiger partial charge < -0.3 is 14.2 Å². The fraction of sp³-hybridized carbons (Fsp3) is 0.455. The molecule has 0 radical (unpaired) electrons. The molecule has 0 aliphatic carbocycles. The summed E-state index contributed by atoms with van der Waals surface area (Å²) in [5.74, 6) is 0.409. The number of ether oxygens (including phenoxy) is 1. The summed E-state index contributed by atoms with van der Waals surface area (Å²) in [6.07, 6.45) is 1.13. The topological polar surface area (TPSA) is 51.5 Å². The maximum absolute atomic E-state index is 12.6. The second kappa shape index (κ2) is 7.99. The second-order valence-corrected chi connectivity index (χ2v) is 7.78. The standard InChI is InChI=1S/C22H28N2O3/c1-15-10-16(2)13-23(12-15)21(25)14-27-22(26)20-11-17(3)24(18(20)4)19-8-6-5-7-9-19/h5-9,11,15-16H,10,12-14H2,1-4H3/t15-,16-/m0/s1. The van der Waals surface area contributed by atoms with Crippen molar-refractivity contribution in [3.8, 4) is 5.69 Å². The van der Waals surface area contributed by atoms with Gasteiger partial charge in [-0.05, 0) is 50.3 Å². The van der Waals surface area contributed by atoms with Crippen molar-refractivity contribution in [1.82, 2.24) is 9.47 Å². The predicted octanol–water partition coefficient (Wildman–Crippen LogP) is 3.76. The fourth-order valence-corrected chi connectivity index (χ4v) is 4.11. The van der Waals surface area contributed by atoms with Crippen LogP contribution in [0.25, 0.3) is 5.69 Å². The van der Waals surface area contributed by atoms with E-state index in [9.17, 15) is 9.59 Å². The normalized spacial score (nSPS) is 19.8. The zero-order chi connectivity index (χ0) is 19.6. The van der Waals surface area contributed by atoms with Crippen molar-refractivity contribution in [3.63, 3.8) is 0 Å². The van der Waals surface area contributed by atoms with Crippen LogP contribution in [-0.4, -0.2) is 41.0 Å². The fourth-order valence-electron chi connectivity index (χ4n) is 4.11. The van der Waals surface area contributed by atoms with Gasteiger partial charge in [0.25, 0.3) is 5.91 Å². The number of hydrogen-bond donors (Lipinski definition) is 0. The molecule has 1 aliphatic heterocycles. The highest BCUT2D eigenvalue weighted by molar-refractivity contribution is 5.93. The quantitative estimate of drug-likeness (QED) is 0.772. The molecule has 3 rings (SSSR count). The number of hydrogen-bond acceptors (Lipinski definition) is 3. The van der Waals surface area contributed by atoms with Gasteiger partial charge in [0.1, 0.15) is 0 Å². The van der Waals surface area contributed by atoms with Gasteiger partial charge >= 0.3 is 5.97 Å². The van der Waals surface area contributed by atoms with Gasteiger partial charge in [-0.1, -0.05) is 32.0 Å². The summed E-state index contributed by atoms with van der Waals surface area (Å²) in [7, 11) is 0. The SMILES string of the molecule is Cc1cc(C(=O)OCC(=O)N2C[C@@H](C)C[C@H](C)C2)c(C)n1-c1ccccc1. The minimum atomic E-state index is -0.447. The van der Waals surface area contributed by atoms with E-state index in [1.807, 2.05) is 59.7 Å². The number of para-hydroxylation sites is 1. The molecule has 144 valence electrons. The average Bonchev–Trinajstić information content (AvgIpc) is 2.93. The minimum absolute atomic E-state index is 0.112. The number of nitrogens with zero attached hydrogens (tertiary/aromatic N) is 2. The van der Waals surface area contributed by atoms with E-state index in [0.29, 0.717) is 17.4 Å². The molecule has 0 unspecified atom stereocenters. The van der Waals surface area contributed by atoms with Gasteiger partial charge in [0, 0.05) is 30.2 Å². The van der Waals surface area contributed by atoms with E-state index in [0.717, 1.165) is 36.6 Å². The van der Waals surface area contributed by atoms with Crippen LogP contribution in [0.5, 0.6) is 0 Å². The van der Waals surface area contributed by atoms with Gasteiger partial charge in [0.2, 0.25) is 0 Å². The van der Waals surface area contributed by atoms with Crippen molar-refractivity contribution in [2.45, 2.75) is 34.1 Å². The zero-order valence-corrected chi connectivity index (χ0v) is 16.6. The summed E-state index contributed by atoms with van der Waals surface area (Å²) < 4.78 is 7.38. The molecule has 0 saturated carbocycles. The van der Waals surface area contributed by atoms with Gasteiger partial charge in [-0.15, -0.1) is 0 Å². The first kappa shape index (κ1) is 19.2. The molecule has 2 atom stereocenters. The molecule has 1 aromatic carbocycles. The molecule has 1 saturated heterocycles. The molecule has 1 amide bonds. The summed E-state index contributed by atoms with van der Waals surface area (Å²) >= 11 is 0.